The average Bonchev–Trinajstić information content (AvgIpc) is 2.76. The summed E-state index contributed by atoms with van der Waals surface area (Å²) in [5, 5.41) is 0.134. The number of hydrogen-bond donors (Lipinski definition) is 0. The van der Waals surface area contributed by atoms with E-state index in [0.717, 1.165) is 17.7 Å². The molecule has 1 rings (SSSR count). The summed E-state index contributed by atoms with van der Waals surface area (Å²) in [4.78, 5) is 12.1. The van der Waals surface area contributed by atoms with Crippen LogP contribution in [-0.4, -0.2) is 33.9 Å². The fraction of sp³-hybridized carbons (Fsp3) is 0.690. The Kier molecular flexibility index (Phi) is 12.2. The van der Waals surface area contributed by atoms with Gasteiger partial charge in [-0.05, 0) is 55.1 Å². The SMILES string of the molecule is CCC(=O)[C@@H](C)C/C(C)=C\[C@H](C)[C@@H](O[Si](C)(C)C(C)(C)C)[C@@H](C)COCc1ccc(OC)cc1. The third-order valence-electron chi connectivity index (χ3n) is 7.20. The van der Waals surface area contributed by atoms with Gasteiger partial charge in [-0.3, -0.25) is 4.79 Å². The molecule has 0 unspecified atom stereocenters. The molecule has 5 heteroatoms. The first-order chi connectivity index (χ1) is 15.7. The predicted molar refractivity (Wildman–Crippen MR) is 146 cm³/mol. The van der Waals surface area contributed by atoms with Gasteiger partial charge in [-0.15, -0.1) is 0 Å². The first-order valence-electron chi connectivity index (χ1n) is 12.8. The van der Waals surface area contributed by atoms with Gasteiger partial charge in [-0.1, -0.05) is 72.2 Å². The zero-order chi connectivity index (χ0) is 26.1. The summed E-state index contributed by atoms with van der Waals surface area (Å²) >= 11 is 0. The van der Waals surface area contributed by atoms with E-state index >= 15 is 0 Å². The van der Waals surface area contributed by atoms with Gasteiger partial charge < -0.3 is 13.9 Å². The normalized spacial score (nSPS) is 16.6. The lowest BCUT2D eigenvalue weighted by molar-refractivity contribution is -0.122. The Morgan fingerprint density at radius 1 is 1.09 bits per heavy atom. The Hall–Kier alpha value is -1.43. The summed E-state index contributed by atoms with van der Waals surface area (Å²) in [7, 11) is -0.291. The molecule has 0 bridgehead atoms. The standard InChI is InChI=1S/C29H50O4Si/c1-12-27(30)22(3)17-21(2)18-23(4)28(33-34(10,11)29(6,7)8)24(5)19-32-20-25-13-15-26(31-9)16-14-25/h13-16,18,22-24,28H,12,17,19-20H2,1-11H3/b21-18-/t22-,23-,24-,28+/m0/s1. The second-order valence-corrected chi connectivity index (χ2v) is 16.2. The van der Waals surface area contributed by atoms with E-state index in [1.54, 1.807) is 7.11 Å². The summed E-state index contributed by atoms with van der Waals surface area (Å²) in [6.45, 7) is 23.3. The van der Waals surface area contributed by atoms with Gasteiger partial charge in [-0.25, -0.2) is 0 Å². The minimum atomic E-state index is -1.97. The van der Waals surface area contributed by atoms with E-state index in [-0.39, 0.29) is 28.9 Å². The maximum absolute atomic E-state index is 12.1. The van der Waals surface area contributed by atoms with Gasteiger partial charge in [0.05, 0.1) is 26.4 Å². The first kappa shape index (κ1) is 30.6. The summed E-state index contributed by atoms with van der Waals surface area (Å²) in [5.41, 5.74) is 2.39. The van der Waals surface area contributed by atoms with E-state index in [4.69, 9.17) is 13.9 Å². The molecule has 0 aliphatic carbocycles. The third kappa shape index (κ3) is 9.67. The molecule has 0 aliphatic heterocycles. The number of rotatable bonds is 14. The van der Waals surface area contributed by atoms with Crippen molar-refractivity contribution in [2.75, 3.05) is 13.7 Å². The minimum Gasteiger partial charge on any atom is -0.497 e. The van der Waals surface area contributed by atoms with E-state index in [9.17, 15) is 4.79 Å². The van der Waals surface area contributed by atoms with Gasteiger partial charge in [0.2, 0.25) is 0 Å². The number of benzene rings is 1. The van der Waals surface area contributed by atoms with Gasteiger partial charge >= 0.3 is 0 Å². The van der Waals surface area contributed by atoms with Gasteiger partial charge in [0.15, 0.2) is 8.32 Å². The lowest BCUT2D eigenvalue weighted by atomic mass is 9.89. The molecule has 0 fully saturated rings. The van der Waals surface area contributed by atoms with Crippen molar-refractivity contribution in [2.24, 2.45) is 17.8 Å². The highest BCUT2D eigenvalue weighted by Crippen LogP contribution is 2.39. The van der Waals surface area contributed by atoms with E-state index in [1.807, 2.05) is 38.1 Å². The zero-order valence-electron chi connectivity index (χ0n) is 23.7. The van der Waals surface area contributed by atoms with E-state index in [2.05, 4.69) is 60.7 Å². The number of Topliss-reactive ketones (excluding diaryl/α,β-unsaturated/α-hetero) is 1. The van der Waals surface area contributed by atoms with E-state index in [1.165, 1.54) is 5.57 Å². The molecule has 0 amide bonds. The third-order valence-corrected chi connectivity index (χ3v) is 11.7. The maximum Gasteiger partial charge on any atom is 0.192 e. The zero-order valence-corrected chi connectivity index (χ0v) is 24.7. The molecular weight excluding hydrogens is 440 g/mol. The smallest absolute Gasteiger partial charge is 0.192 e. The van der Waals surface area contributed by atoms with Crippen molar-refractivity contribution < 1.29 is 18.7 Å². The molecule has 4 atom stereocenters. The molecule has 0 saturated carbocycles. The molecule has 0 saturated heterocycles. The molecule has 0 spiro atoms. The average molecular weight is 491 g/mol. The van der Waals surface area contributed by atoms with Crippen LogP contribution in [-0.2, 0) is 20.6 Å². The fourth-order valence-electron chi connectivity index (χ4n) is 3.99. The molecule has 34 heavy (non-hydrogen) atoms. The van der Waals surface area contributed by atoms with E-state index < -0.39 is 8.32 Å². The molecule has 0 aliphatic rings. The van der Waals surface area contributed by atoms with Crippen molar-refractivity contribution in [1.29, 1.82) is 0 Å². The Balaban J connectivity index is 2.94. The number of carbonyl (C=O) groups is 1. The van der Waals surface area contributed by atoms with Crippen LogP contribution in [0.3, 0.4) is 0 Å². The molecule has 0 heterocycles. The van der Waals surface area contributed by atoms with Crippen molar-refractivity contribution in [2.45, 2.75) is 99.1 Å². The molecule has 0 radical (unpaired) electrons. The number of hydrogen-bond acceptors (Lipinski definition) is 4. The summed E-state index contributed by atoms with van der Waals surface area (Å²) < 4.78 is 18.3. The van der Waals surface area contributed by atoms with Crippen LogP contribution in [0.15, 0.2) is 35.9 Å². The van der Waals surface area contributed by atoms with Gasteiger partial charge in [0, 0.05) is 18.3 Å². The minimum absolute atomic E-state index is 0.0592. The summed E-state index contributed by atoms with van der Waals surface area (Å²) in [6, 6.07) is 8.01. The highest BCUT2D eigenvalue weighted by atomic mass is 28.4. The molecular formula is C29H50O4Si. The Morgan fingerprint density at radius 2 is 1.68 bits per heavy atom. The second-order valence-electron chi connectivity index (χ2n) is 11.5. The molecule has 0 aromatic heterocycles. The van der Waals surface area contributed by atoms with Crippen molar-refractivity contribution >= 4 is 14.1 Å². The lowest BCUT2D eigenvalue weighted by Crippen LogP contribution is -2.47. The van der Waals surface area contributed by atoms with Crippen LogP contribution in [0.1, 0.15) is 73.8 Å². The lowest BCUT2D eigenvalue weighted by Gasteiger charge is -2.42. The van der Waals surface area contributed by atoms with Gasteiger partial charge in [0.25, 0.3) is 0 Å². The van der Waals surface area contributed by atoms with Crippen LogP contribution >= 0.6 is 0 Å². The van der Waals surface area contributed by atoms with Crippen LogP contribution in [0.2, 0.25) is 18.1 Å². The van der Waals surface area contributed by atoms with Crippen molar-refractivity contribution in [1.82, 2.24) is 0 Å². The molecule has 1 aromatic rings. The molecule has 0 N–H and O–H groups in total. The highest BCUT2D eigenvalue weighted by molar-refractivity contribution is 6.74. The van der Waals surface area contributed by atoms with Crippen LogP contribution in [0, 0.1) is 17.8 Å². The topological polar surface area (TPSA) is 44.8 Å². The van der Waals surface area contributed by atoms with Crippen LogP contribution in [0.4, 0.5) is 0 Å². The van der Waals surface area contributed by atoms with Crippen LogP contribution in [0.25, 0.3) is 0 Å². The van der Waals surface area contributed by atoms with E-state index in [0.29, 0.717) is 25.4 Å². The first-order valence-corrected chi connectivity index (χ1v) is 15.7. The number of carbonyl (C=O) groups excluding carboxylic acids is 1. The van der Waals surface area contributed by atoms with Crippen LogP contribution < -0.4 is 4.74 Å². The number of allylic oxidation sites excluding steroid dienone is 1. The predicted octanol–water partition coefficient (Wildman–Crippen LogP) is 7.83. The van der Waals surface area contributed by atoms with Crippen molar-refractivity contribution in [3.63, 3.8) is 0 Å². The number of methoxy groups -OCH3 is 1. The molecule has 4 nitrogen and oxygen atoms in total. The Morgan fingerprint density at radius 3 is 2.18 bits per heavy atom. The second kappa shape index (κ2) is 13.6. The Labute approximate surface area is 210 Å². The Bertz CT molecular complexity index is 776. The summed E-state index contributed by atoms with van der Waals surface area (Å²) in [5.74, 6) is 1.72. The highest BCUT2D eigenvalue weighted by Gasteiger charge is 2.41. The number of ketones is 1. The van der Waals surface area contributed by atoms with Crippen molar-refractivity contribution in [3.05, 3.63) is 41.5 Å². The fourth-order valence-corrected chi connectivity index (χ4v) is 5.48. The molecule has 1 aromatic carbocycles. The van der Waals surface area contributed by atoms with Crippen LogP contribution in [0.5, 0.6) is 5.75 Å². The van der Waals surface area contributed by atoms with Gasteiger partial charge in [-0.2, -0.15) is 0 Å². The molecule has 194 valence electrons. The monoisotopic (exact) mass is 490 g/mol. The largest absolute Gasteiger partial charge is 0.497 e. The van der Waals surface area contributed by atoms with Crippen molar-refractivity contribution in [3.8, 4) is 5.75 Å². The van der Waals surface area contributed by atoms with Gasteiger partial charge in [0.1, 0.15) is 11.5 Å². The quantitative estimate of drug-likeness (QED) is 0.197. The number of ether oxygens (including phenoxy) is 2. The maximum atomic E-state index is 12.1. The summed E-state index contributed by atoms with van der Waals surface area (Å²) in [6.07, 6.45) is 3.79.